The van der Waals surface area contributed by atoms with E-state index < -0.39 is 11.9 Å². The molecule has 0 heterocycles. The zero-order valence-electron chi connectivity index (χ0n) is 16.9. The zero-order valence-corrected chi connectivity index (χ0v) is 16.9. The zero-order chi connectivity index (χ0) is 20.2. The molecule has 2 rings (SSSR count). The van der Waals surface area contributed by atoms with Crippen molar-refractivity contribution < 1.29 is 19.1 Å². The van der Waals surface area contributed by atoms with E-state index in [-0.39, 0.29) is 6.10 Å². The molecule has 0 N–H and O–H groups in total. The fraction of sp³-hybridized carbons (Fsp3) is 0.417. The first-order valence-electron chi connectivity index (χ1n) is 10.2. The number of carbonyl (C=O) groups is 2. The van der Waals surface area contributed by atoms with E-state index in [1.165, 1.54) is 25.7 Å². The minimum Gasteiger partial charge on any atom is -0.460 e. The molecule has 2 aromatic carbocycles. The molecule has 0 saturated heterocycles. The van der Waals surface area contributed by atoms with Gasteiger partial charge < -0.3 is 9.47 Å². The van der Waals surface area contributed by atoms with Crippen LogP contribution in [0.1, 0.15) is 58.8 Å². The number of hydrogen-bond acceptors (Lipinski definition) is 4. The number of esters is 2. The summed E-state index contributed by atoms with van der Waals surface area (Å²) in [5, 5.41) is 2.06. The Morgan fingerprint density at radius 3 is 2.36 bits per heavy atom. The second-order valence-electron chi connectivity index (χ2n) is 7.07. The average Bonchev–Trinajstić information content (AvgIpc) is 2.69. The number of ether oxygens (including phenoxy) is 2. The quantitative estimate of drug-likeness (QED) is 0.207. The summed E-state index contributed by atoms with van der Waals surface area (Å²) in [6.07, 6.45) is 10.2. The van der Waals surface area contributed by atoms with Crippen molar-refractivity contribution in [2.24, 2.45) is 0 Å². The first-order chi connectivity index (χ1) is 13.6. The number of unbranched alkanes of at least 4 members (excludes halogenated alkanes) is 5. The van der Waals surface area contributed by atoms with E-state index in [9.17, 15) is 9.59 Å². The third kappa shape index (κ3) is 7.95. The van der Waals surface area contributed by atoms with Crippen molar-refractivity contribution in [3.8, 4) is 5.75 Å². The molecule has 0 spiro atoms. The van der Waals surface area contributed by atoms with Crippen LogP contribution >= 0.6 is 0 Å². The minimum absolute atomic E-state index is 0.153. The van der Waals surface area contributed by atoms with Crippen LogP contribution in [0.15, 0.2) is 54.6 Å². The van der Waals surface area contributed by atoms with Gasteiger partial charge in [0.2, 0.25) is 0 Å². The number of hydrogen-bond donors (Lipinski definition) is 0. The molecule has 0 aliphatic heterocycles. The van der Waals surface area contributed by atoms with Crippen molar-refractivity contribution in [2.45, 2.75) is 64.9 Å². The SMILES string of the molecule is CCCCCCCCC(C)OC(=O)/C=C/C(=O)Oc1ccc2ccccc2c1. The van der Waals surface area contributed by atoms with Crippen LogP contribution in [0.25, 0.3) is 10.8 Å². The van der Waals surface area contributed by atoms with Gasteiger partial charge in [-0.05, 0) is 42.7 Å². The molecular formula is C24H30O4. The van der Waals surface area contributed by atoms with E-state index in [4.69, 9.17) is 9.47 Å². The van der Waals surface area contributed by atoms with Gasteiger partial charge in [0.25, 0.3) is 0 Å². The summed E-state index contributed by atoms with van der Waals surface area (Å²) < 4.78 is 10.6. The van der Waals surface area contributed by atoms with Crippen LogP contribution in [0.4, 0.5) is 0 Å². The molecule has 0 aliphatic rings. The highest BCUT2D eigenvalue weighted by Crippen LogP contribution is 2.20. The highest BCUT2D eigenvalue weighted by Gasteiger charge is 2.08. The van der Waals surface area contributed by atoms with Gasteiger partial charge in [0.1, 0.15) is 5.75 Å². The molecule has 0 fully saturated rings. The van der Waals surface area contributed by atoms with Crippen molar-refractivity contribution in [3.05, 3.63) is 54.6 Å². The molecule has 0 bridgehead atoms. The van der Waals surface area contributed by atoms with Crippen LogP contribution in [0, 0.1) is 0 Å². The Morgan fingerprint density at radius 1 is 0.893 bits per heavy atom. The smallest absolute Gasteiger partial charge is 0.336 e. The van der Waals surface area contributed by atoms with E-state index in [1.54, 1.807) is 12.1 Å². The van der Waals surface area contributed by atoms with Crippen LogP contribution in [0.2, 0.25) is 0 Å². The van der Waals surface area contributed by atoms with Crippen LogP contribution in [-0.4, -0.2) is 18.0 Å². The lowest BCUT2D eigenvalue weighted by Crippen LogP contribution is -2.13. The first-order valence-corrected chi connectivity index (χ1v) is 10.2. The van der Waals surface area contributed by atoms with Crippen molar-refractivity contribution in [1.82, 2.24) is 0 Å². The molecule has 1 unspecified atom stereocenters. The molecule has 0 radical (unpaired) electrons. The largest absolute Gasteiger partial charge is 0.460 e. The predicted octanol–water partition coefficient (Wildman–Crippen LogP) is 5.98. The average molecular weight is 383 g/mol. The van der Waals surface area contributed by atoms with E-state index in [2.05, 4.69) is 6.92 Å². The normalized spacial score (nSPS) is 12.2. The predicted molar refractivity (Wildman–Crippen MR) is 112 cm³/mol. The Morgan fingerprint density at radius 2 is 1.57 bits per heavy atom. The van der Waals surface area contributed by atoms with Gasteiger partial charge in [0.15, 0.2) is 0 Å². The number of carbonyl (C=O) groups excluding carboxylic acids is 2. The molecule has 0 amide bonds. The molecule has 150 valence electrons. The topological polar surface area (TPSA) is 52.6 Å². The van der Waals surface area contributed by atoms with E-state index in [0.29, 0.717) is 5.75 Å². The molecule has 28 heavy (non-hydrogen) atoms. The van der Waals surface area contributed by atoms with Gasteiger partial charge in [-0.25, -0.2) is 9.59 Å². The van der Waals surface area contributed by atoms with Crippen molar-refractivity contribution in [1.29, 1.82) is 0 Å². The third-order valence-electron chi connectivity index (χ3n) is 4.58. The molecule has 1 atom stereocenters. The summed E-state index contributed by atoms with van der Waals surface area (Å²) in [6.45, 7) is 4.08. The third-order valence-corrected chi connectivity index (χ3v) is 4.58. The molecular weight excluding hydrogens is 352 g/mol. The maximum absolute atomic E-state index is 11.9. The standard InChI is InChI=1S/C24H30O4/c1-3-4-5-6-7-8-11-19(2)27-23(25)16-17-24(26)28-22-15-14-20-12-9-10-13-21(20)18-22/h9-10,12-19H,3-8,11H2,1-2H3/b17-16+. The molecule has 4 nitrogen and oxygen atoms in total. The highest BCUT2D eigenvalue weighted by atomic mass is 16.5. The lowest BCUT2D eigenvalue weighted by atomic mass is 10.1. The van der Waals surface area contributed by atoms with Gasteiger partial charge in [0, 0.05) is 12.2 Å². The van der Waals surface area contributed by atoms with Crippen molar-refractivity contribution in [3.63, 3.8) is 0 Å². The van der Waals surface area contributed by atoms with Gasteiger partial charge in [-0.1, -0.05) is 69.4 Å². The number of fused-ring (bicyclic) bond motifs is 1. The van der Waals surface area contributed by atoms with Crippen LogP contribution in [-0.2, 0) is 14.3 Å². The van der Waals surface area contributed by atoms with Gasteiger partial charge in [-0.15, -0.1) is 0 Å². The van der Waals surface area contributed by atoms with Crippen LogP contribution in [0.3, 0.4) is 0 Å². The summed E-state index contributed by atoms with van der Waals surface area (Å²) in [5.41, 5.74) is 0. The van der Waals surface area contributed by atoms with Crippen molar-refractivity contribution in [2.75, 3.05) is 0 Å². The lowest BCUT2D eigenvalue weighted by molar-refractivity contribution is -0.143. The van der Waals surface area contributed by atoms with E-state index in [1.807, 2.05) is 37.3 Å². The Hall–Kier alpha value is -2.62. The fourth-order valence-electron chi connectivity index (χ4n) is 3.03. The van der Waals surface area contributed by atoms with Gasteiger partial charge in [-0.3, -0.25) is 0 Å². The number of benzene rings is 2. The molecule has 2 aromatic rings. The summed E-state index contributed by atoms with van der Waals surface area (Å²) in [7, 11) is 0. The number of rotatable bonds is 11. The van der Waals surface area contributed by atoms with Gasteiger partial charge in [-0.2, -0.15) is 0 Å². The summed E-state index contributed by atoms with van der Waals surface area (Å²) in [4.78, 5) is 23.8. The molecule has 0 aliphatic carbocycles. The Kier molecular flexibility index (Phi) is 9.26. The monoisotopic (exact) mass is 382 g/mol. The Balaban J connectivity index is 1.71. The molecule has 0 aromatic heterocycles. The second kappa shape index (κ2) is 12.0. The Bertz CT molecular complexity index is 794. The highest BCUT2D eigenvalue weighted by molar-refractivity contribution is 5.93. The molecule has 4 heteroatoms. The summed E-state index contributed by atoms with van der Waals surface area (Å²) in [5.74, 6) is -0.678. The van der Waals surface area contributed by atoms with Crippen molar-refractivity contribution >= 4 is 22.7 Å². The second-order valence-corrected chi connectivity index (χ2v) is 7.07. The summed E-state index contributed by atoms with van der Waals surface area (Å²) in [6, 6.07) is 13.2. The summed E-state index contributed by atoms with van der Waals surface area (Å²) >= 11 is 0. The lowest BCUT2D eigenvalue weighted by Gasteiger charge is -2.11. The van der Waals surface area contributed by atoms with Gasteiger partial charge >= 0.3 is 11.9 Å². The molecule has 0 saturated carbocycles. The van der Waals surface area contributed by atoms with E-state index >= 15 is 0 Å². The van der Waals surface area contributed by atoms with Crippen LogP contribution in [0.5, 0.6) is 5.75 Å². The minimum atomic E-state index is -0.601. The maximum atomic E-state index is 11.9. The maximum Gasteiger partial charge on any atom is 0.336 e. The van der Waals surface area contributed by atoms with E-state index in [0.717, 1.165) is 42.2 Å². The first kappa shape index (κ1) is 21.7. The van der Waals surface area contributed by atoms with Gasteiger partial charge in [0.05, 0.1) is 6.10 Å². The fourth-order valence-corrected chi connectivity index (χ4v) is 3.03. The van der Waals surface area contributed by atoms with Crippen LogP contribution < -0.4 is 4.74 Å². The Labute approximate surface area is 167 Å².